The number of carbonyl (C=O) groups is 2. The molecule has 0 fully saturated rings. The third kappa shape index (κ3) is 4.87. The predicted octanol–water partition coefficient (Wildman–Crippen LogP) is 4.23. The minimum Gasteiger partial charge on any atom is -0.490 e. The summed E-state index contributed by atoms with van der Waals surface area (Å²) in [6.45, 7) is 0.988. The van der Waals surface area contributed by atoms with E-state index in [9.17, 15) is 31.5 Å². The fourth-order valence-corrected chi connectivity index (χ4v) is 2.97. The van der Waals surface area contributed by atoms with Gasteiger partial charge in [-0.2, -0.15) is 17.6 Å². The highest BCUT2D eigenvalue weighted by Gasteiger charge is 2.37. The number of nitrogens with zero attached hydrogens (tertiary/aromatic N) is 2. The fraction of sp³-hybridized carbons (Fsp3) is 0.143. The lowest BCUT2D eigenvalue weighted by molar-refractivity contribution is -0.141. The first-order chi connectivity index (χ1) is 15.9. The Balaban J connectivity index is 2.11. The molecule has 0 saturated carbocycles. The number of amides is 2. The van der Waals surface area contributed by atoms with Crippen molar-refractivity contribution in [2.75, 3.05) is 12.4 Å². The Morgan fingerprint density at radius 3 is 2.41 bits per heavy atom. The molecule has 0 saturated heterocycles. The van der Waals surface area contributed by atoms with E-state index in [4.69, 9.17) is 15.2 Å². The Hall–Kier alpha value is -4.29. The van der Waals surface area contributed by atoms with Crippen LogP contribution in [-0.4, -0.2) is 28.9 Å². The largest absolute Gasteiger partial charge is 0.490 e. The number of ether oxygens (including phenoxy) is 2. The van der Waals surface area contributed by atoms with Crippen LogP contribution in [0.25, 0.3) is 0 Å². The summed E-state index contributed by atoms with van der Waals surface area (Å²) in [7, 11) is 1.02. The summed E-state index contributed by atoms with van der Waals surface area (Å²) < 4.78 is 78.1. The number of benzene rings is 1. The van der Waals surface area contributed by atoms with E-state index in [0.29, 0.717) is 12.3 Å². The minimum atomic E-state index is -4.91. The van der Waals surface area contributed by atoms with Crippen molar-refractivity contribution >= 4 is 17.5 Å². The van der Waals surface area contributed by atoms with E-state index in [1.807, 2.05) is 0 Å². The highest BCUT2D eigenvalue weighted by atomic mass is 19.4. The molecule has 0 spiro atoms. The van der Waals surface area contributed by atoms with E-state index < -0.39 is 63.7 Å². The van der Waals surface area contributed by atoms with Crippen LogP contribution in [0.1, 0.15) is 32.1 Å². The van der Waals surface area contributed by atoms with Crippen LogP contribution in [0.5, 0.6) is 17.2 Å². The smallest absolute Gasteiger partial charge is 0.433 e. The molecule has 13 heteroatoms. The third-order valence-electron chi connectivity index (χ3n) is 4.49. The van der Waals surface area contributed by atoms with E-state index in [2.05, 4.69) is 15.3 Å². The van der Waals surface area contributed by atoms with Gasteiger partial charge < -0.3 is 20.5 Å². The monoisotopic (exact) mass is 482 g/mol. The number of aromatic nitrogens is 2. The third-order valence-corrected chi connectivity index (χ3v) is 4.49. The second-order valence-corrected chi connectivity index (χ2v) is 6.71. The molecule has 3 rings (SSSR count). The molecule has 2 heterocycles. The van der Waals surface area contributed by atoms with Crippen LogP contribution >= 0.6 is 0 Å². The van der Waals surface area contributed by atoms with Crippen LogP contribution in [0.3, 0.4) is 0 Å². The van der Waals surface area contributed by atoms with Crippen molar-refractivity contribution in [3.63, 3.8) is 0 Å². The first-order valence-electron chi connectivity index (χ1n) is 9.27. The van der Waals surface area contributed by atoms with Crippen LogP contribution in [0, 0.1) is 18.6 Å². The van der Waals surface area contributed by atoms with Crippen molar-refractivity contribution in [1.82, 2.24) is 9.97 Å². The molecule has 3 aromatic rings. The molecule has 2 amide bonds. The molecule has 1 aromatic carbocycles. The average Bonchev–Trinajstić information content (AvgIpc) is 2.76. The SMILES string of the molecule is COc1c(Oc2cnc(C(F)(F)F)c(C)c2C(=O)Nc2ccnc(C(N)=O)c2)ccc(F)c1F. The molecule has 178 valence electrons. The zero-order valence-corrected chi connectivity index (χ0v) is 17.5. The normalized spacial score (nSPS) is 11.1. The number of methoxy groups -OCH3 is 1. The Bertz CT molecular complexity index is 1280. The summed E-state index contributed by atoms with van der Waals surface area (Å²) in [4.78, 5) is 31.3. The van der Waals surface area contributed by atoms with Gasteiger partial charge in [0.05, 0.1) is 18.9 Å². The molecule has 34 heavy (non-hydrogen) atoms. The van der Waals surface area contributed by atoms with E-state index in [-0.39, 0.29) is 11.4 Å². The zero-order valence-electron chi connectivity index (χ0n) is 17.5. The highest BCUT2D eigenvalue weighted by molar-refractivity contribution is 6.07. The van der Waals surface area contributed by atoms with E-state index >= 15 is 0 Å². The topological polar surface area (TPSA) is 116 Å². The molecule has 0 atom stereocenters. The second kappa shape index (κ2) is 9.29. The van der Waals surface area contributed by atoms with E-state index in [1.54, 1.807) is 0 Å². The molecule has 0 aliphatic rings. The van der Waals surface area contributed by atoms with Gasteiger partial charge in [0, 0.05) is 11.9 Å². The fourth-order valence-electron chi connectivity index (χ4n) is 2.97. The van der Waals surface area contributed by atoms with Crippen molar-refractivity contribution in [3.05, 3.63) is 70.8 Å². The minimum absolute atomic E-state index is 0.00470. The summed E-state index contributed by atoms with van der Waals surface area (Å²) in [5.41, 5.74) is 2.36. The van der Waals surface area contributed by atoms with Gasteiger partial charge in [0.15, 0.2) is 17.3 Å². The summed E-state index contributed by atoms with van der Waals surface area (Å²) >= 11 is 0. The number of nitrogens with one attached hydrogen (secondary N) is 1. The van der Waals surface area contributed by atoms with Gasteiger partial charge in [-0.1, -0.05) is 0 Å². The average molecular weight is 482 g/mol. The van der Waals surface area contributed by atoms with E-state index in [1.165, 1.54) is 6.07 Å². The van der Waals surface area contributed by atoms with Crippen LogP contribution in [0.2, 0.25) is 0 Å². The lowest BCUT2D eigenvalue weighted by Crippen LogP contribution is -2.20. The number of carbonyl (C=O) groups excluding carboxylic acids is 2. The summed E-state index contributed by atoms with van der Waals surface area (Å²) in [5, 5.41) is 2.32. The number of anilines is 1. The molecule has 0 unspecified atom stereocenters. The number of nitrogens with two attached hydrogens (primary N) is 1. The van der Waals surface area contributed by atoms with Crippen LogP contribution in [-0.2, 0) is 6.18 Å². The molecule has 0 aliphatic carbocycles. The lowest BCUT2D eigenvalue weighted by atomic mass is 10.1. The van der Waals surface area contributed by atoms with Gasteiger partial charge in [-0.25, -0.2) is 9.37 Å². The number of rotatable bonds is 6. The second-order valence-electron chi connectivity index (χ2n) is 6.71. The number of primary amides is 1. The Morgan fingerprint density at radius 1 is 1.09 bits per heavy atom. The lowest BCUT2D eigenvalue weighted by Gasteiger charge is -2.18. The number of alkyl halides is 3. The van der Waals surface area contributed by atoms with Gasteiger partial charge in [-0.15, -0.1) is 0 Å². The molecule has 8 nitrogen and oxygen atoms in total. The first kappa shape index (κ1) is 24.4. The van der Waals surface area contributed by atoms with E-state index in [0.717, 1.165) is 32.4 Å². The van der Waals surface area contributed by atoms with Gasteiger partial charge >= 0.3 is 6.18 Å². The van der Waals surface area contributed by atoms with Gasteiger partial charge in [-0.05, 0) is 36.8 Å². The van der Waals surface area contributed by atoms with Crippen LogP contribution in [0.4, 0.5) is 27.6 Å². The number of hydrogen-bond acceptors (Lipinski definition) is 6. The van der Waals surface area contributed by atoms with Crippen molar-refractivity contribution in [3.8, 4) is 17.2 Å². The Kier molecular flexibility index (Phi) is 6.66. The Labute approximate surface area is 188 Å². The van der Waals surface area contributed by atoms with Gasteiger partial charge in [0.1, 0.15) is 11.4 Å². The molecule has 2 aromatic heterocycles. The van der Waals surface area contributed by atoms with Gasteiger partial charge in [0.2, 0.25) is 11.6 Å². The van der Waals surface area contributed by atoms with Crippen molar-refractivity contribution in [1.29, 1.82) is 0 Å². The summed E-state index contributed by atoms with van der Waals surface area (Å²) in [6.07, 6.45) is -3.14. The van der Waals surface area contributed by atoms with Crippen molar-refractivity contribution < 1.29 is 41.0 Å². The standard InChI is InChI=1S/C21H15F5N4O4/c1-9-15(20(32)30-10-5-6-28-12(7-10)19(27)31)14(8-29-18(9)21(24,25)26)34-13-4-3-11(22)16(23)17(13)33-2/h3-8H,1-2H3,(H2,27,31)(H,28,30,32). The number of halogens is 5. The van der Waals surface area contributed by atoms with Crippen LogP contribution in [0.15, 0.2) is 36.7 Å². The summed E-state index contributed by atoms with van der Waals surface area (Å²) in [5.74, 6) is -6.24. The van der Waals surface area contributed by atoms with Crippen molar-refractivity contribution in [2.24, 2.45) is 5.73 Å². The molecule has 3 N–H and O–H groups in total. The quantitative estimate of drug-likeness (QED) is 0.508. The van der Waals surface area contributed by atoms with Gasteiger partial charge in [0.25, 0.3) is 11.8 Å². The number of pyridine rings is 2. The van der Waals surface area contributed by atoms with Gasteiger partial charge in [-0.3, -0.25) is 14.6 Å². The Morgan fingerprint density at radius 2 is 1.79 bits per heavy atom. The maximum Gasteiger partial charge on any atom is 0.433 e. The summed E-state index contributed by atoms with van der Waals surface area (Å²) in [6, 6.07) is 4.05. The molecular formula is C21H15F5N4O4. The molecule has 0 radical (unpaired) electrons. The maximum atomic E-state index is 14.0. The highest BCUT2D eigenvalue weighted by Crippen LogP contribution is 2.39. The van der Waals surface area contributed by atoms with Crippen molar-refractivity contribution in [2.45, 2.75) is 13.1 Å². The van der Waals surface area contributed by atoms with Crippen LogP contribution < -0.4 is 20.5 Å². The number of hydrogen-bond donors (Lipinski definition) is 2. The predicted molar refractivity (Wildman–Crippen MR) is 108 cm³/mol. The zero-order chi connectivity index (χ0) is 25.2. The molecule has 0 aliphatic heterocycles. The first-order valence-corrected chi connectivity index (χ1v) is 9.27. The molecular weight excluding hydrogens is 467 g/mol. The molecule has 0 bridgehead atoms. The maximum absolute atomic E-state index is 14.0.